The molecule has 0 aliphatic carbocycles. The average molecular weight is 420 g/mol. The van der Waals surface area contributed by atoms with E-state index in [0.29, 0.717) is 31.1 Å². The van der Waals surface area contributed by atoms with Gasteiger partial charge in [-0.3, -0.25) is 9.78 Å². The van der Waals surface area contributed by atoms with Crippen LogP contribution < -0.4 is 15.5 Å². The van der Waals surface area contributed by atoms with E-state index in [4.69, 9.17) is 4.99 Å². The van der Waals surface area contributed by atoms with Gasteiger partial charge in [-0.05, 0) is 49.5 Å². The van der Waals surface area contributed by atoms with Crippen LogP contribution in [0.3, 0.4) is 0 Å². The van der Waals surface area contributed by atoms with E-state index in [2.05, 4.69) is 39.6 Å². The summed E-state index contributed by atoms with van der Waals surface area (Å²) in [5, 5.41) is 16.5. The van der Waals surface area contributed by atoms with Crippen molar-refractivity contribution in [2.75, 3.05) is 37.7 Å². The molecule has 4 heterocycles. The molecule has 3 aliphatic heterocycles. The van der Waals surface area contributed by atoms with Crippen molar-refractivity contribution in [1.82, 2.24) is 15.6 Å². The highest BCUT2D eigenvalue weighted by atomic mass is 16.3. The fourth-order valence-electron chi connectivity index (χ4n) is 4.93. The molecule has 1 aromatic carbocycles. The first-order valence-electron chi connectivity index (χ1n) is 11.1. The van der Waals surface area contributed by atoms with Gasteiger partial charge in [0.25, 0.3) is 5.91 Å². The Morgan fingerprint density at radius 1 is 1.26 bits per heavy atom. The minimum Gasteiger partial charge on any atom is -0.395 e. The minimum atomic E-state index is -0.343. The number of hydrogen-bond donors (Lipinski definition) is 3. The highest BCUT2D eigenvalue weighted by Gasteiger charge is 2.40. The number of anilines is 2. The maximum Gasteiger partial charge on any atom is 0.266 e. The largest absolute Gasteiger partial charge is 0.395 e. The third kappa shape index (κ3) is 3.62. The second kappa shape index (κ2) is 8.05. The number of nitrogens with zero attached hydrogens (tertiary/aromatic N) is 3. The van der Waals surface area contributed by atoms with E-state index in [1.807, 2.05) is 18.2 Å². The lowest BCUT2D eigenvalue weighted by atomic mass is 9.85. The number of aliphatic hydroxyl groups is 1. The lowest BCUT2D eigenvalue weighted by Gasteiger charge is -2.25. The standard InChI is InChI=1S/C24H29N5O2/c1-24(15-30)14-29(20-5-3-2-4-17(20)24)21-8-11-26-18-12-19(28-22(18)21)23(31)27-13-16-6-9-25-10-7-16/h2-5,8,11,16,25,30H,6-7,9-10,12-15H2,1H3,(H,27,31). The maximum atomic E-state index is 12.8. The molecular formula is C24H29N5O2. The van der Waals surface area contributed by atoms with Crippen molar-refractivity contribution in [3.63, 3.8) is 0 Å². The molecule has 1 aromatic heterocycles. The van der Waals surface area contributed by atoms with Crippen molar-refractivity contribution in [1.29, 1.82) is 0 Å². The summed E-state index contributed by atoms with van der Waals surface area (Å²) in [7, 11) is 0. The van der Waals surface area contributed by atoms with Crippen molar-refractivity contribution in [2.24, 2.45) is 10.9 Å². The van der Waals surface area contributed by atoms with Crippen LogP contribution in [-0.4, -0.2) is 54.5 Å². The quantitative estimate of drug-likeness (QED) is 0.692. The molecule has 1 unspecified atom stereocenters. The normalized spacial score (nSPS) is 22.8. The summed E-state index contributed by atoms with van der Waals surface area (Å²) in [5.74, 6) is 0.435. The smallest absolute Gasteiger partial charge is 0.266 e. The van der Waals surface area contributed by atoms with Crippen LogP contribution in [0.25, 0.3) is 0 Å². The lowest BCUT2D eigenvalue weighted by molar-refractivity contribution is -0.115. The van der Waals surface area contributed by atoms with Gasteiger partial charge >= 0.3 is 0 Å². The summed E-state index contributed by atoms with van der Waals surface area (Å²) >= 11 is 0. The van der Waals surface area contributed by atoms with Crippen LogP contribution in [0.5, 0.6) is 0 Å². The van der Waals surface area contributed by atoms with E-state index < -0.39 is 0 Å². The number of piperidine rings is 1. The van der Waals surface area contributed by atoms with Gasteiger partial charge in [-0.2, -0.15) is 0 Å². The molecule has 31 heavy (non-hydrogen) atoms. The third-order valence-corrected chi connectivity index (χ3v) is 6.82. The number of rotatable bonds is 5. The number of para-hydroxylation sites is 1. The molecule has 7 heteroatoms. The van der Waals surface area contributed by atoms with Crippen LogP contribution in [0.4, 0.5) is 17.1 Å². The second-order valence-electron chi connectivity index (χ2n) is 9.09. The summed E-state index contributed by atoms with van der Waals surface area (Å²) in [6, 6.07) is 10.1. The molecule has 3 N–H and O–H groups in total. The lowest BCUT2D eigenvalue weighted by Crippen LogP contribution is -2.38. The molecule has 162 valence electrons. The van der Waals surface area contributed by atoms with Gasteiger partial charge < -0.3 is 20.6 Å². The predicted molar refractivity (Wildman–Crippen MR) is 122 cm³/mol. The Bertz CT molecular complexity index is 1030. The molecule has 1 fully saturated rings. The topological polar surface area (TPSA) is 89.8 Å². The van der Waals surface area contributed by atoms with Crippen molar-refractivity contribution >= 4 is 28.7 Å². The number of hydrogen-bond acceptors (Lipinski definition) is 6. The first kappa shape index (κ1) is 20.2. The highest BCUT2D eigenvalue weighted by Crippen LogP contribution is 2.48. The molecule has 5 rings (SSSR count). The van der Waals surface area contributed by atoms with E-state index in [-0.39, 0.29) is 17.9 Å². The van der Waals surface area contributed by atoms with Crippen LogP contribution in [-0.2, 0) is 16.6 Å². The van der Waals surface area contributed by atoms with Gasteiger partial charge in [0.1, 0.15) is 11.4 Å². The van der Waals surface area contributed by atoms with Crippen LogP contribution in [0, 0.1) is 5.92 Å². The van der Waals surface area contributed by atoms with Crippen molar-refractivity contribution in [2.45, 2.75) is 31.6 Å². The summed E-state index contributed by atoms with van der Waals surface area (Å²) in [4.78, 5) is 24.2. The Kier molecular flexibility index (Phi) is 5.24. The molecule has 2 aromatic rings. The SMILES string of the molecule is CC1(CO)CN(c2ccnc3c2N=C(C(=O)NCC2CCNCC2)C3)c2ccccc21. The molecular weight excluding hydrogens is 390 g/mol. The first-order valence-corrected chi connectivity index (χ1v) is 11.1. The zero-order chi connectivity index (χ0) is 21.4. The van der Waals surface area contributed by atoms with Crippen LogP contribution in [0.1, 0.15) is 31.0 Å². The Labute approximate surface area is 182 Å². The molecule has 0 spiro atoms. The van der Waals surface area contributed by atoms with Gasteiger partial charge in [0.2, 0.25) is 0 Å². The number of benzene rings is 1. The second-order valence-corrected chi connectivity index (χ2v) is 9.09. The maximum absolute atomic E-state index is 12.8. The number of amides is 1. The fraction of sp³-hybridized carbons (Fsp3) is 0.458. The molecule has 7 nitrogen and oxygen atoms in total. The zero-order valence-electron chi connectivity index (χ0n) is 17.9. The zero-order valence-corrected chi connectivity index (χ0v) is 17.9. The number of aliphatic hydroxyl groups excluding tert-OH is 1. The third-order valence-electron chi connectivity index (χ3n) is 6.82. The van der Waals surface area contributed by atoms with Gasteiger partial charge in [-0.15, -0.1) is 0 Å². The predicted octanol–water partition coefficient (Wildman–Crippen LogP) is 2.23. The summed E-state index contributed by atoms with van der Waals surface area (Å²) in [6.07, 6.45) is 4.43. The monoisotopic (exact) mass is 419 g/mol. The molecule has 3 aliphatic rings. The average Bonchev–Trinajstić information content (AvgIpc) is 3.38. The number of nitrogens with one attached hydrogen (secondary N) is 2. The number of carbonyl (C=O) groups excluding carboxylic acids is 1. The first-order chi connectivity index (χ1) is 15.1. The number of pyridine rings is 1. The Hall–Kier alpha value is -2.77. The van der Waals surface area contributed by atoms with Crippen molar-refractivity contribution in [3.8, 4) is 0 Å². The van der Waals surface area contributed by atoms with Crippen molar-refractivity contribution < 1.29 is 9.90 Å². The Morgan fingerprint density at radius 3 is 2.87 bits per heavy atom. The number of aromatic nitrogens is 1. The number of aliphatic imine (C=N–C) groups is 1. The van der Waals surface area contributed by atoms with E-state index in [1.54, 1.807) is 6.20 Å². The summed E-state index contributed by atoms with van der Waals surface area (Å²) < 4.78 is 0. The molecule has 1 saturated heterocycles. The summed E-state index contributed by atoms with van der Waals surface area (Å²) in [6.45, 7) is 5.54. The van der Waals surface area contributed by atoms with Crippen LogP contribution in [0.15, 0.2) is 41.5 Å². The molecule has 0 saturated carbocycles. The van der Waals surface area contributed by atoms with Crippen molar-refractivity contribution in [3.05, 3.63) is 47.8 Å². The summed E-state index contributed by atoms with van der Waals surface area (Å²) in [5.41, 5.74) is 4.93. The molecule has 1 amide bonds. The van der Waals surface area contributed by atoms with Crippen LogP contribution in [0.2, 0.25) is 0 Å². The van der Waals surface area contributed by atoms with Gasteiger partial charge in [0.15, 0.2) is 0 Å². The van der Waals surface area contributed by atoms with Gasteiger partial charge in [-0.25, -0.2) is 4.99 Å². The Balaban J connectivity index is 1.39. The minimum absolute atomic E-state index is 0.0708. The van der Waals surface area contributed by atoms with E-state index in [0.717, 1.165) is 54.3 Å². The Morgan fingerprint density at radius 2 is 2.06 bits per heavy atom. The van der Waals surface area contributed by atoms with E-state index in [9.17, 15) is 9.90 Å². The van der Waals surface area contributed by atoms with E-state index >= 15 is 0 Å². The molecule has 0 bridgehead atoms. The van der Waals surface area contributed by atoms with Gasteiger partial charge in [0.05, 0.1) is 18.0 Å². The molecule has 1 atom stereocenters. The fourth-order valence-corrected chi connectivity index (χ4v) is 4.93. The van der Waals surface area contributed by atoms with Gasteiger partial charge in [-0.1, -0.05) is 25.1 Å². The van der Waals surface area contributed by atoms with E-state index in [1.165, 1.54) is 0 Å². The highest BCUT2D eigenvalue weighted by molar-refractivity contribution is 6.41. The molecule has 0 radical (unpaired) electrons. The van der Waals surface area contributed by atoms with Crippen LogP contribution >= 0.6 is 0 Å². The van der Waals surface area contributed by atoms with Gasteiger partial charge in [0, 0.05) is 36.8 Å². The number of carbonyl (C=O) groups is 1. The number of fused-ring (bicyclic) bond motifs is 2.